The van der Waals surface area contributed by atoms with Gasteiger partial charge in [0, 0.05) is 40.7 Å². The van der Waals surface area contributed by atoms with Gasteiger partial charge in [0.15, 0.2) is 6.10 Å². The number of carbonyl (C=O) groups excluding carboxylic acids is 3. The third-order valence-electron chi connectivity index (χ3n) is 10.8. The Labute approximate surface area is 226 Å². The van der Waals surface area contributed by atoms with Crippen molar-refractivity contribution in [2.75, 3.05) is 13.7 Å². The fourth-order valence-corrected chi connectivity index (χ4v) is 9.39. The monoisotopic (exact) mass is 544 g/mol. The van der Waals surface area contributed by atoms with Crippen molar-refractivity contribution < 1.29 is 47.6 Å². The minimum atomic E-state index is -1.18. The van der Waals surface area contributed by atoms with Gasteiger partial charge in [-0.3, -0.25) is 4.79 Å². The zero-order valence-electron chi connectivity index (χ0n) is 23.1. The summed E-state index contributed by atoms with van der Waals surface area (Å²) in [7, 11) is 1.31. The van der Waals surface area contributed by atoms with Crippen LogP contribution in [0.3, 0.4) is 0 Å². The van der Waals surface area contributed by atoms with Crippen LogP contribution in [0.5, 0.6) is 0 Å². The minimum absolute atomic E-state index is 0.231. The minimum Gasteiger partial charge on any atom is -0.472 e. The van der Waals surface area contributed by atoms with E-state index < -0.39 is 75.7 Å². The number of carbonyl (C=O) groups is 3. The molecule has 0 bridgehead atoms. The number of esters is 3. The highest BCUT2D eigenvalue weighted by atomic mass is 16.7. The summed E-state index contributed by atoms with van der Waals surface area (Å²) in [6.07, 6.45) is 3.78. The average Bonchev–Trinajstić information content (AvgIpc) is 3.33. The number of ether oxygens (including phenoxy) is 5. The number of furan rings is 1. The Bertz CT molecular complexity index is 1240. The first-order valence-electron chi connectivity index (χ1n) is 13.5. The van der Waals surface area contributed by atoms with Gasteiger partial charge in [-0.15, -0.1) is 0 Å². The van der Waals surface area contributed by atoms with Gasteiger partial charge in [-0.25, -0.2) is 9.59 Å². The van der Waals surface area contributed by atoms with Gasteiger partial charge < -0.3 is 33.2 Å². The van der Waals surface area contributed by atoms with E-state index in [1.807, 2.05) is 27.7 Å². The van der Waals surface area contributed by atoms with Gasteiger partial charge in [0.05, 0.1) is 37.9 Å². The Morgan fingerprint density at radius 1 is 1.18 bits per heavy atom. The third-order valence-corrected chi connectivity index (χ3v) is 10.8. The lowest BCUT2D eigenvalue weighted by molar-refractivity contribution is -0.271. The summed E-state index contributed by atoms with van der Waals surface area (Å²) >= 11 is 0. The molecule has 5 aliphatic rings. The molecule has 5 fully saturated rings. The van der Waals surface area contributed by atoms with Crippen molar-refractivity contribution in [2.45, 2.75) is 83.1 Å². The summed E-state index contributed by atoms with van der Waals surface area (Å²) in [4.78, 5) is 38.3. The van der Waals surface area contributed by atoms with Gasteiger partial charge >= 0.3 is 17.9 Å². The van der Waals surface area contributed by atoms with Crippen LogP contribution in [0.2, 0.25) is 0 Å². The van der Waals surface area contributed by atoms with Gasteiger partial charge in [-0.1, -0.05) is 19.9 Å². The molecule has 6 rings (SSSR count). The largest absolute Gasteiger partial charge is 0.472 e. The zero-order valence-corrected chi connectivity index (χ0v) is 23.1. The molecule has 1 spiro atoms. The van der Waals surface area contributed by atoms with E-state index >= 15 is 0 Å². The van der Waals surface area contributed by atoms with Crippen molar-refractivity contribution >= 4 is 17.9 Å². The number of hydrogen-bond acceptors (Lipinski definition) is 10. The van der Waals surface area contributed by atoms with Crippen LogP contribution >= 0.6 is 0 Å². The first-order chi connectivity index (χ1) is 18.3. The Morgan fingerprint density at radius 3 is 2.56 bits per heavy atom. The Kier molecular flexibility index (Phi) is 5.56. The van der Waals surface area contributed by atoms with Crippen LogP contribution in [-0.4, -0.2) is 66.2 Å². The Hall–Kier alpha value is -2.69. The van der Waals surface area contributed by atoms with Crippen LogP contribution in [0.15, 0.2) is 35.2 Å². The fourth-order valence-electron chi connectivity index (χ4n) is 9.39. The number of hydrogen-bond donors (Lipinski definition) is 1. The number of fused-ring (bicyclic) bond motifs is 3. The van der Waals surface area contributed by atoms with Crippen LogP contribution in [0.1, 0.15) is 59.1 Å². The first kappa shape index (κ1) is 26.5. The van der Waals surface area contributed by atoms with E-state index in [1.54, 1.807) is 18.4 Å². The van der Waals surface area contributed by atoms with Gasteiger partial charge in [0.25, 0.3) is 0 Å². The molecule has 1 aromatic heterocycles. The normalized spacial score (nSPS) is 47.3. The van der Waals surface area contributed by atoms with E-state index in [9.17, 15) is 19.5 Å². The lowest BCUT2D eigenvalue weighted by atomic mass is 9.37. The van der Waals surface area contributed by atoms with Gasteiger partial charge in [0.1, 0.15) is 17.8 Å². The van der Waals surface area contributed by atoms with Crippen LogP contribution < -0.4 is 0 Å². The summed E-state index contributed by atoms with van der Waals surface area (Å²) in [5.41, 5.74) is -3.82. The number of rotatable bonds is 4. The second-order valence-corrected chi connectivity index (χ2v) is 12.8. The molecule has 39 heavy (non-hydrogen) atoms. The molecule has 10 atom stereocenters. The lowest BCUT2D eigenvalue weighted by Crippen LogP contribution is -2.75. The van der Waals surface area contributed by atoms with Gasteiger partial charge in [-0.05, 0) is 38.7 Å². The second kappa shape index (κ2) is 8.17. The third kappa shape index (κ3) is 3.11. The molecule has 2 saturated carbocycles. The quantitative estimate of drug-likeness (QED) is 0.261. The molecule has 0 amide bonds. The van der Waals surface area contributed by atoms with Crippen LogP contribution in [0.4, 0.5) is 0 Å². The molecule has 1 N–H and O–H groups in total. The van der Waals surface area contributed by atoms with Crippen LogP contribution in [0.25, 0.3) is 0 Å². The van der Waals surface area contributed by atoms with Crippen molar-refractivity contribution in [3.8, 4) is 0 Å². The smallest absolute Gasteiger partial charge is 0.339 e. The number of methoxy groups -OCH3 is 1. The molecule has 0 radical (unpaired) electrons. The Balaban J connectivity index is 1.58. The SMILES string of the molecule is COC(=O)C=C[C@]12COC(C)(C)[C@@H]1[C@H](O)[C@H](OC(C)=O)[C@]1(C)[C@H]2CC[C@@]2(C)[C@@H](c3ccoc3)OC(=O)[C@@H]3O[C@]312. The van der Waals surface area contributed by atoms with E-state index in [0.29, 0.717) is 18.4 Å². The van der Waals surface area contributed by atoms with Crippen molar-refractivity contribution in [1.29, 1.82) is 0 Å². The van der Waals surface area contributed by atoms with E-state index in [0.717, 1.165) is 0 Å². The molecular formula is C29H36O10. The van der Waals surface area contributed by atoms with E-state index in [-0.39, 0.29) is 12.5 Å². The van der Waals surface area contributed by atoms with Gasteiger partial charge in [0.2, 0.25) is 0 Å². The highest BCUT2D eigenvalue weighted by molar-refractivity contribution is 5.83. The van der Waals surface area contributed by atoms with Crippen molar-refractivity contribution in [3.63, 3.8) is 0 Å². The molecule has 10 nitrogen and oxygen atoms in total. The van der Waals surface area contributed by atoms with Crippen molar-refractivity contribution in [1.82, 2.24) is 0 Å². The summed E-state index contributed by atoms with van der Waals surface area (Å²) < 4.78 is 35.0. The van der Waals surface area contributed by atoms with E-state index in [2.05, 4.69) is 0 Å². The molecule has 212 valence electrons. The molecule has 0 unspecified atom stereocenters. The second-order valence-electron chi connectivity index (χ2n) is 12.8. The van der Waals surface area contributed by atoms with E-state index in [1.165, 1.54) is 26.4 Å². The van der Waals surface area contributed by atoms with Crippen LogP contribution in [0, 0.1) is 28.1 Å². The molecule has 2 aliphatic carbocycles. The lowest BCUT2D eigenvalue weighted by Gasteiger charge is -2.67. The summed E-state index contributed by atoms with van der Waals surface area (Å²) in [5.74, 6) is -2.38. The molecular weight excluding hydrogens is 508 g/mol. The van der Waals surface area contributed by atoms with Crippen LogP contribution in [-0.2, 0) is 38.1 Å². The summed E-state index contributed by atoms with van der Waals surface area (Å²) in [5, 5.41) is 12.1. The zero-order chi connectivity index (χ0) is 28.2. The maximum atomic E-state index is 13.4. The molecule has 4 heterocycles. The highest BCUT2D eigenvalue weighted by Gasteiger charge is 2.90. The maximum absolute atomic E-state index is 13.4. The predicted molar refractivity (Wildman–Crippen MR) is 133 cm³/mol. The molecule has 0 aromatic carbocycles. The molecule has 3 aliphatic heterocycles. The van der Waals surface area contributed by atoms with Gasteiger partial charge in [-0.2, -0.15) is 0 Å². The fraction of sp³-hybridized carbons (Fsp3) is 0.690. The van der Waals surface area contributed by atoms with E-state index in [4.69, 9.17) is 28.1 Å². The highest BCUT2D eigenvalue weighted by Crippen LogP contribution is 2.80. The predicted octanol–water partition coefficient (Wildman–Crippen LogP) is 2.88. The van der Waals surface area contributed by atoms with Crippen molar-refractivity contribution in [3.05, 3.63) is 36.3 Å². The number of aliphatic hydroxyl groups excluding tert-OH is 1. The number of cyclic esters (lactones) is 1. The first-order valence-corrected chi connectivity index (χ1v) is 13.5. The standard InChI is InChI=1S/C29H36O10/c1-15(30)37-22-19(32)20-25(2,3)36-14-28(20,11-8-18(31)34-6)17-7-10-26(4)21(16-9-12-35-13-16)38-24(33)23-29(26,39-23)27(17,22)5/h8-9,11-13,17,19-23,32H,7,10,14H2,1-6H3/t17-,19+,20+,21-,22+,23+,26+,27+,28-,29+/m1/s1. The Morgan fingerprint density at radius 2 is 1.92 bits per heavy atom. The number of epoxide rings is 1. The molecule has 10 heteroatoms. The topological polar surface area (TPSA) is 134 Å². The number of aliphatic hydroxyl groups is 1. The molecule has 3 saturated heterocycles. The summed E-state index contributed by atoms with van der Waals surface area (Å²) in [6, 6.07) is 1.78. The molecule has 1 aromatic rings. The summed E-state index contributed by atoms with van der Waals surface area (Å²) in [6.45, 7) is 9.33. The maximum Gasteiger partial charge on any atom is 0.339 e. The average molecular weight is 545 g/mol. The van der Waals surface area contributed by atoms with Crippen molar-refractivity contribution in [2.24, 2.45) is 28.1 Å².